The highest BCUT2D eigenvalue weighted by molar-refractivity contribution is 5.92. The molecule has 21 heavy (non-hydrogen) atoms. The highest BCUT2D eigenvalue weighted by Crippen LogP contribution is 2.04. The maximum atomic E-state index is 12.1. The molecule has 0 bridgehead atoms. The highest BCUT2D eigenvalue weighted by atomic mass is 16.5. The van der Waals surface area contributed by atoms with Gasteiger partial charge in [0.15, 0.2) is 0 Å². The van der Waals surface area contributed by atoms with Gasteiger partial charge in [0.05, 0.1) is 20.6 Å². The molecule has 0 aromatic carbocycles. The number of amides is 2. The second-order valence-electron chi connectivity index (χ2n) is 4.79. The SMILES string of the molecule is COC(=O)C[C@H](NC(=O)[C@H](NC(C)=O)C(C)C)C(=O)OC. The second kappa shape index (κ2) is 8.93. The van der Waals surface area contributed by atoms with Crippen molar-refractivity contribution in [3.8, 4) is 0 Å². The van der Waals surface area contributed by atoms with Crippen LogP contribution in [0.3, 0.4) is 0 Å². The molecule has 0 spiro atoms. The lowest BCUT2D eigenvalue weighted by molar-refractivity contribution is -0.151. The van der Waals surface area contributed by atoms with E-state index in [-0.39, 0.29) is 18.2 Å². The number of carbonyl (C=O) groups is 4. The van der Waals surface area contributed by atoms with Crippen LogP contribution < -0.4 is 10.6 Å². The molecule has 0 fully saturated rings. The van der Waals surface area contributed by atoms with Crippen LogP contribution >= 0.6 is 0 Å². The Labute approximate surface area is 123 Å². The van der Waals surface area contributed by atoms with Crippen LogP contribution in [0.5, 0.6) is 0 Å². The number of esters is 2. The molecule has 0 aliphatic rings. The first-order chi connectivity index (χ1) is 9.72. The number of hydrogen-bond donors (Lipinski definition) is 2. The average molecular weight is 302 g/mol. The summed E-state index contributed by atoms with van der Waals surface area (Å²) < 4.78 is 8.99. The lowest BCUT2D eigenvalue weighted by Gasteiger charge is -2.23. The van der Waals surface area contributed by atoms with Crippen LogP contribution in [0.2, 0.25) is 0 Å². The summed E-state index contributed by atoms with van der Waals surface area (Å²) in [5.41, 5.74) is 0. The second-order valence-corrected chi connectivity index (χ2v) is 4.79. The molecule has 0 aromatic rings. The molecule has 0 unspecified atom stereocenters. The van der Waals surface area contributed by atoms with Gasteiger partial charge < -0.3 is 20.1 Å². The van der Waals surface area contributed by atoms with Gasteiger partial charge in [0.1, 0.15) is 12.1 Å². The van der Waals surface area contributed by atoms with Crippen LogP contribution in [0.4, 0.5) is 0 Å². The van der Waals surface area contributed by atoms with E-state index in [2.05, 4.69) is 20.1 Å². The normalized spacial score (nSPS) is 13.0. The van der Waals surface area contributed by atoms with Crippen molar-refractivity contribution in [1.82, 2.24) is 10.6 Å². The highest BCUT2D eigenvalue weighted by Gasteiger charge is 2.30. The predicted molar refractivity (Wildman–Crippen MR) is 73.0 cm³/mol. The van der Waals surface area contributed by atoms with Crippen LogP contribution in [-0.4, -0.2) is 50.1 Å². The van der Waals surface area contributed by atoms with Gasteiger partial charge in [-0.3, -0.25) is 14.4 Å². The van der Waals surface area contributed by atoms with E-state index in [9.17, 15) is 19.2 Å². The van der Waals surface area contributed by atoms with Crippen molar-refractivity contribution in [3.63, 3.8) is 0 Å². The van der Waals surface area contributed by atoms with Crippen molar-refractivity contribution in [1.29, 1.82) is 0 Å². The molecule has 8 nitrogen and oxygen atoms in total. The molecular weight excluding hydrogens is 280 g/mol. The minimum Gasteiger partial charge on any atom is -0.469 e. The average Bonchev–Trinajstić information content (AvgIpc) is 2.42. The zero-order valence-electron chi connectivity index (χ0n) is 12.9. The van der Waals surface area contributed by atoms with Crippen molar-refractivity contribution >= 4 is 23.8 Å². The number of nitrogens with one attached hydrogen (secondary N) is 2. The van der Waals surface area contributed by atoms with E-state index in [4.69, 9.17) is 0 Å². The van der Waals surface area contributed by atoms with Crippen LogP contribution in [0.15, 0.2) is 0 Å². The Balaban J connectivity index is 4.95. The Hall–Kier alpha value is -2.12. The number of rotatable bonds is 7. The summed E-state index contributed by atoms with van der Waals surface area (Å²) in [6.07, 6.45) is -0.347. The summed E-state index contributed by atoms with van der Waals surface area (Å²) in [7, 11) is 2.32. The first-order valence-electron chi connectivity index (χ1n) is 6.45. The minimum atomic E-state index is -1.16. The summed E-state index contributed by atoms with van der Waals surface area (Å²) in [5.74, 6) is -2.55. The zero-order valence-corrected chi connectivity index (χ0v) is 12.9. The molecule has 2 atom stereocenters. The van der Waals surface area contributed by atoms with Crippen LogP contribution in [-0.2, 0) is 28.7 Å². The van der Waals surface area contributed by atoms with E-state index in [0.29, 0.717) is 0 Å². The van der Waals surface area contributed by atoms with E-state index in [1.165, 1.54) is 14.0 Å². The first kappa shape index (κ1) is 18.9. The third kappa shape index (κ3) is 6.73. The molecule has 0 rings (SSSR count). The Morgan fingerprint density at radius 1 is 1.00 bits per heavy atom. The van der Waals surface area contributed by atoms with Gasteiger partial charge in [-0.15, -0.1) is 0 Å². The Kier molecular flexibility index (Phi) is 8.03. The van der Waals surface area contributed by atoms with Crippen LogP contribution in [0.25, 0.3) is 0 Å². The van der Waals surface area contributed by atoms with Gasteiger partial charge in [-0.25, -0.2) is 4.79 Å². The number of carbonyl (C=O) groups excluding carboxylic acids is 4. The monoisotopic (exact) mass is 302 g/mol. The molecular formula is C13H22N2O6. The van der Waals surface area contributed by atoms with E-state index < -0.39 is 29.9 Å². The molecule has 2 amide bonds. The van der Waals surface area contributed by atoms with Gasteiger partial charge >= 0.3 is 11.9 Å². The van der Waals surface area contributed by atoms with E-state index in [1.54, 1.807) is 13.8 Å². The fourth-order valence-corrected chi connectivity index (χ4v) is 1.60. The molecule has 2 N–H and O–H groups in total. The fourth-order valence-electron chi connectivity index (χ4n) is 1.60. The topological polar surface area (TPSA) is 111 Å². The van der Waals surface area contributed by atoms with Crippen molar-refractivity contribution < 1.29 is 28.7 Å². The molecule has 120 valence electrons. The number of ether oxygens (including phenoxy) is 2. The molecule has 8 heteroatoms. The third-order valence-corrected chi connectivity index (χ3v) is 2.71. The maximum absolute atomic E-state index is 12.1. The molecule has 0 radical (unpaired) electrons. The van der Waals surface area contributed by atoms with Gasteiger partial charge in [0.2, 0.25) is 11.8 Å². The summed E-state index contributed by atoms with van der Waals surface area (Å²) >= 11 is 0. The van der Waals surface area contributed by atoms with Gasteiger partial charge in [0, 0.05) is 6.92 Å². The maximum Gasteiger partial charge on any atom is 0.328 e. The van der Waals surface area contributed by atoms with Crippen molar-refractivity contribution in [2.45, 2.75) is 39.3 Å². The van der Waals surface area contributed by atoms with Crippen molar-refractivity contribution in [2.24, 2.45) is 5.92 Å². The van der Waals surface area contributed by atoms with Crippen LogP contribution in [0.1, 0.15) is 27.2 Å². The molecule has 0 saturated heterocycles. The molecule has 0 heterocycles. The third-order valence-electron chi connectivity index (χ3n) is 2.71. The molecule has 0 saturated carbocycles. The zero-order chi connectivity index (χ0) is 16.6. The quantitative estimate of drug-likeness (QED) is 0.606. The predicted octanol–water partition coefficient (Wildman–Crippen LogP) is -0.632. The number of methoxy groups -OCH3 is 2. The Bertz CT molecular complexity index is 407. The Morgan fingerprint density at radius 3 is 1.95 bits per heavy atom. The van der Waals surface area contributed by atoms with E-state index in [0.717, 1.165) is 7.11 Å². The van der Waals surface area contributed by atoms with Gasteiger partial charge in [0.25, 0.3) is 0 Å². The minimum absolute atomic E-state index is 0.190. The first-order valence-corrected chi connectivity index (χ1v) is 6.45. The number of hydrogen-bond acceptors (Lipinski definition) is 6. The summed E-state index contributed by atoms with van der Waals surface area (Å²) in [4.78, 5) is 46.1. The Morgan fingerprint density at radius 2 is 1.57 bits per heavy atom. The molecule has 0 aromatic heterocycles. The summed E-state index contributed by atoms with van der Waals surface area (Å²) in [5, 5.41) is 4.88. The molecule has 0 aliphatic heterocycles. The standard InChI is InChI=1S/C13H22N2O6/c1-7(2)11(14-8(3)16)12(18)15-9(13(19)21-5)6-10(17)20-4/h7,9,11H,6H2,1-5H3,(H,14,16)(H,15,18)/t9-,11+/m0/s1. The largest absolute Gasteiger partial charge is 0.469 e. The molecule has 0 aliphatic carbocycles. The van der Waals surface area contributed by atoms with Crippen molar-refractivity contribution in [2.75, 3.05) is 14.2 Å². The van der Waals surface area contributed by atoms with E-state index >= 15 is 0 Å². The van der Waals surface area contributed by atoms with Crippen LogP contribution in [0, 0.1) is 5.92 Å². The summed E-state index contributed by atoms with van der Waals surface area (Å²) in [6.45, 7) is 4.77. The fraction of sp³-hybridized carbons (Fsp3) is 0.692. The smallest absolute Gasteiger partial charge is 0.328 e. The van der Waals surface area contributed by atoms with Gasteiger partial charge in [-0.1, -0.05) is 13.8 Å². The van der Waals surface area contributed by atoms with Gasteiger partial charge in [-0.05, 0) is 5.92 Å². The summed E-state index contributed by atoms with van der Waals surface area (Å²) in [6, 6.07) is -1.97. The lowest BCUT2D eigenvalue weighted by Crippen LogP contribution is -2.54. The van der Waals surface area contributed by atoms with Crippen molar-refractivity contribution in [3.05, 3.63) is 0 Å². The lowest BCUT2D eigenvalue weighted by atomic mass is 10.0. The van der Waals surface area contributed by atoms with Gasteiger partial charge in [-0.2, -0.15) is 0 Å². The van der Waals surface area contributed by atoms with E-state index in [1.807, 2.05) is 0 Å².